The largest absolute Gasteiger partial charge is 0.394 e. The van der Waals surface area contributed by atoms with E-state index in [1.54, 1.807) is 7.05 Å². The molecule has 1 N–H and O–H groups in total. The Morgan fingerprint density at radius 3 is 3.06 bits per heavy atom. The van der Waals surface area contributed by atoms with Crippen LogP contribution < -0.4 is 5.56 Å². The van der Waals surface area contributed by atoms with Crippen molar-refractivity contribution >= 4 is 11.0 Å². The molecule has 0 aliphatic carbocycles. The van der Waals surface area contributed by atoms with Gasteiger partial charge in [0.15, 0.2) is 5.65 Å². The van der Waals surface area contributed by atoms with Crippen molar-refractivity contribution in [3.05, 3.63) is 16.6 Å². The summed E-state index contributed by atoms with van der Waals surface area (Å²) < 4.78 is 7.78. The first-order valence-electron chi connectivity index (χ1n) is 5.18. The molecular weight excluding hydrogens is 226 g/mol. The molecular formula is C9H13N5O3. The fourth-order valence-electron chi connectivity index (χ4n) is 1.44. The molecule has 0 amide bonds. The minimum absolute atomic E-state index is 0.0395. The Kier molecular flexibility index (Phi) is 3.45. The Labute approximate surface area is 96.4 Å². The third-order valence-corrected chi connectivity index (χ3v) is 2.30. The number of aliphatic hydroxyl groups excluding tert-OH is 1. The van der Waals surface area contributed by atoms with E-state index in [9.17, 15) is 4.79 Å². The predicted molar refractivity (Wildman–Crippen MR) is 58.5 cm³/mol. The lowest BCUT2D eigenvalue weighted by Crippen LogP contribution is -2.26. The highest BCUT2D eigenvalue weighted by Crippen LogP contribution is 2.01. The van der Waals surface area contributed by atoms with Gasteiger partial charge in [0.25, 0.3) is 5.56 Å². The van der Waals surface area contributed by atoms with Crippen molar-refractivity contribution in [3.63, 3.8) is 0 Å². The maximum absolute atomic E-state index is 11.9. The number of aliphatic hydroxyl groups is 1. The Morgan fingerprint density at radius 1 is 1.47 bits per heavy atom. The zero-order chi connectivity index (χ0) is 12.3. The molecule has 17 heavy (non-hydrogen) atoms. The molecule has 92 valence electrons. The molecule has 0 saturated carbocycles. The van der Waals surface area contributed by atoms with Gasteiger partial charge in [-0.15, -0.1) is 5.10 Å². The van der Waals surface area contributed by atoms with Crippen LogP contribution in [0.2, 0.25) is 0 Å². The van der Waals surface area contributed by atoms with E-state index in [0.717, 1.165) is 0 Å². The number of aryl methyl sites for hydroxylation is 1. The smallest absolute Gasteiger partial charge is 0.280 e. The van der Waals surface area contributed by atoms with Gasteiger partial charge in [-0.2, -0.15) is 5.10 Å². The van der Waals surface area contributed by atoms with Gasteiger partial charge < -0.3 is 9.84 Å². The fraction of sp³-hybridized carbons (Fsp3) is 0.556. The second kappa shape index (κ2) is 5.02. The van der Waals surface area contributed by atoms with Crippen LogP contribution in [0.3, 0.4) is 0 Å². The Balaban J connectivity index is 2.18. The summed E-state index contributed by atoms with van der Waals surface area (Å²) in [6.07, 6.45) is 1.47. The normalized spacial score (nSPS) is 11.2. The van der Waals surface area contributed by atoms with E-state index in [2.05, 4.69) is 15.4 Å². The number of aromatic nitrogens is 5. The monoisotopic (exact) mass is 239 g/mol. The van der Waals surface area contributed by atoms with Crippen molar-refractivity contribution in [1.29, 1.82) is 0 Å². The minimum Gasteiger partial charge on any atom is -0.394 e. The minimum atomic E-state index is -0.240. The molecule has 0 radical (unpaired) electrons. The number of hydrogen-bond donors (Lipinski definition) is 1. The van der Waals surface area contributed by atoms with E-state index < -0.39 is 0 Å². The molecule has 2 aromatic heterocycles. The molecule has 0 unspecified atom stereocenters. The van der Waals surface area contributed by atoms with Gasteiger partial charge in [0.2, 0.25) is 0 Å². The molecule has 0 bridgehead atoms. The maximum atomic E-state index is 11.9. The van der Waals surface area contributed by atoms with Crippen molar-refractivity contribution in [2.24, 2.45) is 7.05 Å². The zero-order valence-corrected chi connectivity index (χ0v) is 9.41. The molecule has 0 aliphatic rings. The Morgan fingerprint density at radius 2 is 2.29 bits per heavy atom. The van der Waals surface area contributed by atoms with Crippen molar-refractivity contribution in [2.75, 3.05) is 19.8 Å². The average Bonchev–Trinajstić information content (AvgIpc) is 2.70. The highest BCUT2D eigenvalue weighted by atomic mass is 16.5. The number of hydrogen-bond acceptors (Lipinski definition) is 6. The third-order valence-electron chi connectivity index (χ3n) is 2.30. The van der Waals surface area contributed by atoms with Crippen LogP contribution >= 0.6 is 0 Å². The summed E-state index contributed by atoms with van der Waals surface area (Å²) in [5, 5.41) is 20.6. The summed E-state index contributed by atoms with van der Waals surface area (Å²) in [6.45, 7) is 0.817. The molecule has 0 saturated heterocycles. The van der Waals surface area contributed by atoms with Gasteiger partial charge >= 0.3 is 0 Å². The van der Waals surface area contributed by atoms with Crippen LogP contribution in [0.25, 0.3) is 11.0 Å². The Bertz CT molecular complexity index is 561. The highest BCUT2D eigenvalue weighted by molar-refractivity contribution is 5.72. The van der Waals surface area contributed by atoms with Gasteiger partial charge in [-0.3, -0.25) is 4.79 Å². The van der Waals surface area contributed by atoms with E-state index in [1.807, 2.05) is 0 Å². The van der Waals surface area contributed by atoms with Gasteiger partial charge in [-0.1, -0.05) is 5.21 Å². The van der Waals surface area contributed by atoms with Gasteiger partial charge in [0.1, 0.15) is 5.39 Å². The topological polar surface area (TPSA) is 95.1 Å². The van der Waals surface area contributed by atoms with E-state index in [-0.39, 0.29) is 18.8 Å². The van der Waals surface area contributed by atoms with E-state index in [0.29, 0.717) is 24.2 Å². The summed E-state index contributed by atoms with van der Waals surface area (Å²) in [5.41, 5.74) is 0.221. The average molecular weight is 239 g/mol. The van der Waals surface area contributed by atoms with Crippen LogP contribution in [-0.4, -0.2) is 49.7 Å². The summed E-state index contributed by atoms with van der Waals surface area (Å²) in [7, 11) is 1.70. The summed E-state index contributed by atoms with van der Waals surface area (Å²) in [4.78, 5) is 11.9. The van der Waals surface area contributed by atoms with Crippen molar-refractivity contribution < 1.29 is 9.84 Å². The summed E-state index contributed by atoms with van der Waals surface area (Å²) in [6, 6.07) is 0. The fourth-order valence-corrected chi connectivity index (χ4v) is 1.44. The second-order valence-electron chi connectivity index (χ2n) is 3.46. The van der Waals surface area contributed by atoms with Crippen LogP contribution in [0.5, 0.6) is 0 Å². The van der Waals surface area contributed by atoms with Gasteiger partial charge in [-0.05, 0) is 0 Å². The molecule has 0 aliphatic heterocycles. The lowest BCUT2D eigenvalue weighted by atomic mass is 10.4. The van der Waals surface area contributed by atoms with E-state index in [1.165, 1.54) is 15.6 Å². The lowest BCUT2D eigenvalue weighted by Gasteiger charge is -2.03. The van der Waals surface area contributed by atoms with E-state index >= 15 is 0 Å². The highest BCUT2D eigenvalue weighted by Gasteiger charge is 2.08. The van der Waals surface area contributed by atoms with Crippen molar-refractivity contribution in [3.8, 4) is 0 Å². The third kappa shape index (κ3) is 2.32. The molecule has 0 aromatic carbocycles. The number of fused-ring (bicyclic) bond motifs is 1. The SMILES string of the molecule is Cn1ncc2c(=O)n(CCOCCO)nnc21. The van der Waals surface area contributed by atoms with Crippen LogP contribution in [0.4, 0.5) is 0 Å². The van der Waals surface area contributed by atoms with Crippen LogP contribution in [0, 0.1) is 0 Å². The summed E-state index contributed by atoms with van der Waals surface area (Å²) in [5.74, 6) is 0. The van der Waals surface area contributed by atoms with Gasteiger partial charge in [-0.25, -0.2) is 9.36 Å². The number of rotatable bonds is 5. The lowest BCUT2D eigenvalue weighted by molar-refractivity contribution is 0.0843. The number of nitrogens with zero attached hydrogens (tertiary/aromatic N) is 5. The Hall–Kier alpha value is -1.80. The summed E-state index contributed by atoms with van der Waals surface area (Å²) >= 11 is 0. The van der Waals surface area contributed by atoms with Gasteiger partial charge in [0.05, 0.1) is 32.6 Å². The molecule has 8 heteroatoms. The zero-order valence-electron chi connectivity index (χ0n) is 9.41. The number of ether oxygens (including phenoxy) is 1. The van der Waals surface area contributed by atoms with Crippen LogP contribution in [0.15, 0.2) is 11.0 Å². The van der Waals surface area contributed by atoms with Crippen molar-refractivity contribution in [1.82, 2.24) is 24.8 Å². The van der Waals surface area contributed by atoms with Gasteiger partial charge in [0, 0.05) is 7.05 Å². The predicted octanol–water partition coefficient (Wildman–Crippen LogP) is -1.47. The van der Waals surface area contributed by atoms with Crippen molar-refractivity contribution in [2.45, 2.75) is 6.54 Å². The first kappa shape index (κ1) is 11.7. The van der Waals surface area contributed by atoms with Crippen LogP contribution in [0.1, 0.15) is 0 Å². The second-order valence-corrected chi connectivity index (χ2v) is 3.46. The molecule has 8 nitrogen and oxygen atoms in total. The molecule has 2 heterocycles. The first-order valence-corrected chi connectivity index (χ1v) is 5.18. The molecule has 2 aromatic rings. The standard InChI is InChI=1S/C9H13N5O3/c1-13-8-7(6-10-13)9(16)14(12-11-8)2-4-17-5-3-15/h6,15H,2-5H2,1H3. The molecule has 0 spiro atoms. The molecule has 0 atom stereocenters. The molecule has 0 fully saturated rings. The quantitative estimate of drug-likeness (QED) is 0.640. The maximum Gasteiger partial charge on any atom is 0.280 e. The molecule has 2 rings (SSSR count). The first-order chi connectivity index (χ1) is 8.24. The van der Waals surface area contributed by atoms with Crippen LogP contribution in [-0.2, 0) is 18.3 Å². The van der Waals surface area contributed by atoms with E-state index in [4.69, 9.17) is 9.84 Å².